The van der Waals surface area contributed by atoms with Gasteiger partial charge in [-0.3, -0.25) is 28.9 Å². The van der Waals surface area contributed by atoms with Crippen LogP contribution >= 0.6 is 0 Å². The smallest absolute Gasteiger partial charge is 0.253 e. The quantitative estimate of drug-likeness (QED) is 0.0733. The lowest BCUT2D eigenvalue weighted by Crippen LogP contribution is -2.58. The van der Waals surface area contributed by atoms with E-state index in [4.69, 9.17) is 22.9 Å². The number of nitrogens with two attached hydrogens (primary N) is 4. The molecule has 258 valence electrons. The van der Waals surface area contributed by atoms with Crippen LogP contribution < -0.4 is 33.6 Å². The normalized spacial score (nSPS) is 12.7. The second-order valence-corrected chi connectivity index (χ2v) is 11.2. The van der Waals surface area contributed by atoms with E-state index < -0.39 is 53.5 Å². The second-order valence-electron chi connectivity index (χ2n) is 11.2. The van der Waals surface area contributed by atoms with Crippen molar-refractivity contribution < 1.29 is 28.4 Å². The summed E-state index contributed by atoms with van der Waals surface area (Å²) in [5, 5.41) is 5.25. The van der Waals surface area contributed by atoms with Crippen molar-refractivity contribution in [3.8, 4) is 0 Å². The fraction of sp³-hybridized carbons (Fsp3) is 0.257. The van der Waals surface area contributed by atoms with Gasteiger partial charge in [-0.15, -0.1) is 0 Å². The lowest BCUT2D eigenvalue weighted by atomic mass is 10.0. The summed E-state index contributed by atoms with van der Waals surface area (Å²) in [5.74, 6) is -4.58. The molecule has 3 unspecified atom stereocenters. The molecule has 0 saturated carbocycles. The van der Waals surface area contributed by atoms with Gasteiger partial charge in [-0.1, -0.05) is 54.6 Å². The maximum atomic E-state index is 14.1. The van der Waals surface area contributed by atoms with Crippen LogP contribution in [0, 0.1) is 5.82 Å². The zero-order valence-electron chi connectivity index (χ0n) is 27.1. The summed E-state index contributed by atoms with van der Waals surface area (Å²) in [5.41, 5.74) is 24.2. The Kier molecular flexibility index (Phi) is 14.1. The van der Waals surface area contributed by atoms with Gasteiger partial charge in [0, 0.05) is 25.8 Å². The molecule has 0 aliphatic carbocycles. The van der Waals surface area contributed by atoms with Crippen LogP contribution in [0.15, 0.2) is 89.9 Å². The molecule has 0 aromatic heterocycles. The molecule has 13 nitrogen and oxygen atoms in total. The monoisotopic (exact) mass is 672 g/mol. The Morgan fingerprint density at radius 3 is 1.98 bits per heavy atom. The van der Waals surface area contributed by atoms with Crippen molar-refractivity contribution in [1.29, 1.82) is 0 Å². The summed E-state index contributed by atoms with van der Waals surface area (Å²) in [7, 11) is 0. The van der Waals surface area contributed by atoms with Gasteiger partial charge in [-0.2, -0.15) is 0 Å². The minimum atomic E-state index is -1.46. The third-order valence-corrected chi connectivity index (χ3v) is 7.38. The van der Waals surface area contributed by atoms with Gasteiger partial charge in [0.05, 0.1) is 5.69 Å². The predicted octanol–water partition coefficient (Wildman–Crippen LogP) is 1.17. The van der Waals surface area contributed by atoms with Crippen LogP contribution in [0.5, 0.6) is 0 Å². The molecule has 3 aromatic carbocycles. The molecule has 10 N–H and O–H groups in total. The van der Waals surface area contributed by atoms with Crippen molar-refractivity contribution in [2.75, 3.05) is 6.54 Å². The third-order valence-electron chi connectivity index (χ3n) is 7.38. The van der Waals surface area contributed by atoms with Crippen molar-refractivity contribution in [3.05, 3.63) is 107 Å². The van der Waals surface area contributed by atoms with Crippen LogP contribution in [0.4, 0.5) is 10.1 Å². The van der Waals surface area contributed by atoms with E-state index in [-0.39, 0.29) is 31.8 Å². The standard InChI is InChI=1S/C35H41FN8O5/c1-22(45)44(31(46)18-13-23-6-3-2-4-7-23)30(21-25-9-14-26(36)15-10-25)34(49)43-29(33(48)42-28(32(38)47)8-5-19-37)20-24-11-16-27(17-12-24)41-35(39)40/h2-4,6-7,9-18,28-30H,5,8,19-21,37H2,1H3,(H2,38,47)(H,42,48)(H,43,49)(H4,39,40,41)/b18-13+. The van der Waals surface area contributed by atoms with E-state index in [2.05, 4.69) is 15.6 Å². The van der Waals surface area contributed by atoms with Gasteiger partial charge >= 0.3 is 0 Å². The lowest BCUT2D eigenvalue weighted by Gasteiger charge is -2.30. The molecule has 0 fully saturated rings. The van der Waals surface area contributed by atoms with Crippen LogP contribution in [-0.4, -0.2) is 65.1 Å². The molecule has 49 heavy (non-hydrogen) atoms. The molecule has 3 aromatic rings. The first kappa shape index (κ1) is 37.6. The Balaban J connectivity index is 2.00. The summed E-state index contributed by atoms with van der Waals surface area (Å²) in [6, 6.07) is 16.7. The minimum absolute atomic E-state index is 0.0761. The van der Waals surface area contributed by atoms with E-state index in [0.717, 1.165) is 11.8 Å². The number of hydrogen-bond acceptors (Lipinski definition) is 7. The number of benzene rings is 3. The lowest BCUT2D eigenvalue weighted by molar-refractivity contribution is -0.148. The number of carbonyl (C=O) groups is 5. The zero-order valence-corrected chi connectivity index (χ0v) is 27.1. The predicted molar refractivity (Wildman–Crippen MR) is 184 cm³/mol. The third kappa shape index (κ3) is 12.0. The highest BCUT2D eigenvalue weighted by Gasteiger charge is 2.35. The summed E-state index contributed by atoms with van der Waals surface area (Å²) in [4.78, 5) is 71.2. The molecule has 0 bridgehead atoms. The van der Waals surface area contributed by atoms with E-state index in [9.17, 15) is 28.4 Å². The molecular weight excluding hydrogens is 631 g/mol. The van der Waals surface area contributed by atoms with Gasteiger partial charge in [-0.25, -0.2) is 9.38 Å². The van der Waals surface area contributed by atoms with Gasteiger partial charge in [0.15, 0.2) is 5.96 Å². The molecule has 3 atom stereocenters. The molecule has 0 spiro atoms. The number of carbonyl (C=O) groups excluding carboxylic acids is 5. The largest absolute Gasteiger partial charge is 0.370 e. The first-order chi connectivity index (χ1) is 23.4. The van der Waals surface area contributed by atoms with Gasteiger partial charge in [0.25, 0.3) is 5.91 Å². The highest BCUT2D eigenvalue weighted by atomic mass is 19.1. The first-order valence-corrected chi connectivity index (χ1v) is 15.5. The SMILES string of the molecule is CC(=O)N(C(=O)/C=C/c1ccccc1)C(Cc1ccc(F)cc1)C(=O)NC(Cc1ccc(N=C(N)N)cc1)C(=O)NC(CCCN)C(N)=O. The van der Waals surface area contributed by atoms with E-state index in [0.29, 0.717) is 28.8 Å². The summed E-state index contributed by atoms with van der Waals surface area (Å²) in [6.45, 7) is 1.39. The number of rotatable bonds is 16. The van der Waals surface area contributed by atoms with Crippen LogP contribution in [0.2, 0.25) is 0 Å². The molecule has 5 amide bonds. The first-order valence-electron chi connectivity index (χ1n) is 15.5. The summed E-state index contributed by atoms with van der Waals surface area (Å²) < 4.78 is 13.7. The zero-order chi connectivity index (χ0) is 35.9. The number of primary amides is 1. The Hall–Kier alpha value is -5.89. The molecule has 3 rings (SSSR count). The van der Waals surface area contributed by atoms with Crippen molar-refractivity contribution in [2.45, 2.75) is 50.7 Å². The highest BCUT2D eigenvalue weighted by Crippen LogP contribution is 2.17. The Bertz CT molecular complexity index is 1660. The van der Waals surface area contributed by atoms with E-state index >= 15 is 0 Å². The Labute approximate surface area is 283 Å². The van der Waals surface area contributed by atoms with Crippen molar-refractivity contribution >= 4 is 47.3 Å². The average Bonchev–Trinajstić information content (AvgIpc) is 3.06. The molecule has 0 radical (unpaired) electrons. The topological polar surface area (TPSA) is 229 Å². The molecular formula is C35H41FN8O5. The van der Waals surface area contributed by atoms with E-state index in [1.807, 2.05) is 0 Å². The second kappa shape index (κ2) is 18.4. The van der Waals surface area contributed by atoms with Crippen LogP contribution in [0.3, 0.4) is 0 Å². The number of aliphatic imine (C=N–C) groups is 1. The fourth-order valence-electron chi connectivity index (χ4n) is 4.93. The minimum Gasteiger partial charge on any atom is -0.370 e. The van der Waals surface area contributed by atoms with Crippen molar-refractivity contribution in [3.63, 3.8) is 0 Å². The Morgan fingerprint density at radius 1 is 0.816 bits per heavy atom. The number of guanidine groups is 1. The summed E-state index contributed by atoms with van der Waals surface area (Å²) >= 11 is 0. The van der Waals surface area contributed by atoms with Gasteiger partial charge in [-0.05, 0) is 66.4 Å². The molecule has 0 saturated heterocycles. The highest BCUT2D eigenvalue weighted by molar-refractivity contribution is 6.06. The van der Waals surface area contributed by atoms with E-state index in [1.54, 1.807) is 54.6 Å². The molecule has 0 aliphatic rings. The van der Waals surface area contributed by atoms with Gasteiger partial charge < -0.3 is 33.6 Å². The van der Waals surface area contributed by atoms with Crippen molar-refractivity contribution in [2.24, 2.45) is 27.9 Å². The number of amides is 5. The van der Waals surface area contributed by atoms with Crippen LogP contribution in [-0.2, 0) is 36.8 Å². The Morgan fingerprint density at radius 2 is 1.41 bits per heavy atom. The fourth-order valence-corrected chi connectivity index (χ4v) is 4.93. The molecule has 0 aliphatic heterocycles. The number of nitrogens with zero attached hydrogens (tertiary/aromatic N) is 2. The van der Waals surface area contributed by atoms with Crippen molar-refractivity contribution in [1.82, 2.24) is 15.5 Å². The molecule has 0 heterocycles. The van der Waals surface area contributed by atoms with Gasteiger partial charge in [0.2, 0.25) is 23.6 Å². The maximum absolute atomic E-state index is 14.1. The average molecular weight is 673 g/mol. The maximum Gasteiger partial charge on any atom is 0.253 e. The summed E-state index contributed by atoms with van der Waals surface area (Å²) in [6.07, 6.45) is 2.95. The van der Waals surface area contributed by atoms with Crippen LogP contribution in [0.1, 0.15) is 36.5 Å². The number of halogens is 1. The number of hydrogen-bond donors (Lipinski definition) is 6. The van der Waals surface area contributed by atoms with Crippen LogP contribution in [0.25, 0.3) is 6.08 Å². The number of nitrogens with one attached hydrogen (secondary N) is 2. The molecule has 14 heteroatoms. The van der Waals surface area contributed by atoms with E-state index in [1.165, 1.54) is 36.4 Å². The number of imide groups is 1. The van der Waals surface area contributed by atoms with Gasteiger partial charge in [0.1, 0.15) is 23.9 Å².